The molecule has 0 unspecified atom stereocenters. The van der Waals surface area contributed by atoms with Gasteiger partial charge in [-0.25, -0.2) is 0 Å². The number of ether oxygens (including phenoxy) is 2. The number of anilines is 1. The first-order chi connectivity index (χ1) is 20.3. The summed E-state index contributed by atoms with van der Waals surface area (Å²) in [6, 6.07) is 10.3. The zero-order valence-corrected chi connectivity index (χ0v) is 23.7. The van der Waals surface area contributed by atoms with Crippen LogP contribution in [-0.2, 0) is 11.2 Å². The Morgan fingerprint density at radius 3 is 2.02 bits per heavy atom. The molecule has 14 nitrogen and oxygen atoms in total. The summed E-state index contributed by atoms with van der Waals surface area (Å²) >= 11 is 13.0. The van der Waals surface area contributed by atoms with Gasteiger partial charge in [-0.05, 0) is 31.2 Å². The van der Waals surface area contributed by atoms with Crippen LogP contribution >= 0.6 is 23.2 Å². The number of nitriles is 2. The summed E-state index contributed by atoms with van der Waals surface area (Å²) in [5.41, 5.74) is 2.14. The molecule has 0 aliphatic carbocycles. The van der Waals surface area contributed by atoms with Crippen molar-refractivity contribution < 1.29 is 14.3 Å². The molecule has 2 heterocycles. The summed E-state index contributed by atoms with van der Waals surface area (Å²) in [5.74, 6) is 0.709. The van der Waals surface area contributed by atoms with Crippen LogP contribution in [0, 0.1) is 22.7 Å². The van der Waals surface area contributed by atoms with Crippen molar-refractivity contribution in [2.45, 2.75) is 20.3 Å². The zero-order valence-electron chi connectivity index (χ0n) is 22.1. The maximum Gasteiger partial charge on any atom is 0.221 e. The molecule has 4 rings (SSSR count). The number of hydrogen-bond donors (Lipinski definition) is 3. The smallest absolute Gasteiger partial charge is 0.221 e. The van der Waals surface area contributed by atoms with E-state index in [1.165, 1.54) is 31.5 Å². The Morgan fingerprint density at radius 2 is 1.48 bits per heavy atom. The van der Waals surface area contributed by atoms with Gasteiger partial charge < -0.3 is 14.8 Å². The number of rotatable bonds is 11. The highest BCUT2D eigenvalue weighted by molar-refractivity contribution is 6.33. The predicted octanol–water partition coefficient (Wildman–Crippen LogP) is 6.99. The monoisotopic (exact) mass is 605 g/mol. The molecule has 212 valence electrons. The number of H-pyrrole nitrogens is 2. The number of carbonyl (C=O) groups is 1. The molecule has 0 spiro atoms. The fraction of sp³-hybridized carbons (Fsp3) is 0.192. The number of benzene rings is 2. The molecule has 42 heavy (non-hydrogen) atoms. The van der Waals surface area contributed by atoms with Crippen LogP contribution in [0.2, 0.25) is 10.0 Å². The van der Waals surface area contributed by atoms with Crippen LogP contribution in [0.15, 0.2) is 57.1 Å². The van der Waals surface area contributed by atoms with Crippen molar-refractivity contribution in [2.75, 3.05) is 18.5 Å². The third kappa shape index (κ3) is 7.25. The topological polar surface area (TPSA) is 202 Å². The van der Waals surface area contributed by atoms with Gasteiger partial charge in [0.2, 0.25) is 5.91 Å². The Morgan fingerprint density at radius 1 is 0.905 bits per heavy atom. The van der Waals surface area contributed by atoms with Crippen molar-refractivity contribution >= 4 is 57.8 Å². The standard InChI is InChI=1S/C26H21Cl2N11O3/c1-3-41-23-15(6-18(7-20(23)27)34-38-25-16(10-29)12-31-36-25)4-5-42-24-21(28)8-19(9-22(24)33-14(2)40)35-39-26-17(11-30)13-32-37-26/h6-9,12-13H,3-5H2,1-2H3,(H,31,36)(H,32,37)(H,33,40)/b38-34+,39-35+. The van der Waals surface area contributed by atoms with E-state index in [0.717, 1.165) is 0 Å². The summed E-state index contributed by atoms with van der Waals surface area (Å²) in [5, 5.41) is 50.5. The third-order valence-corrected chi connectivity index (χ3v) is 5.92. The molecule has 0 fully saturated rings. The van der Waals surface area contributed by atoms with Crippen LogP contribution in [0.1, 0.15) is 30.5 Å². The maximum absolute atomic E-state index is 11.9. The van der Waals surface area contributed by atoms with Crippen molar-refractivity contribution in [3.05, 3.63) is 63.4 Å². The van der Waals surface area contributed by atoms with E-state index in [2.05, 4.69) is 46.2 Å². The first-order valence-corrected chi connectivity index (χ1v) is 13.0. The summed E-state index contributed by atoms with van der Waals surface area (Å²) in [6.45, 7) is 3.66. The highest BCUT2D eigenvalue weighted by Crippen LogP contribution is 2.39. The van der Waals surface area contributed by atoms with Gasteiger partial charge >= 0.3 is 0 Å². The molecule has 4 aromatic rings. The summed E-state index contributed by atoms with van der Waals surface area (Å²) in [4.78, 5) is 11.9. The van der Waals surface area contributed by atoms with E-state index in [4.69, 9.17) is 43.2 Å². The number of carbonyl (C=O) groups excluding carboxylic acids is 1. The highest BCUT2D eigenvalue weighted by atomic mass is 35.5. The van der Waals surface area contributed by atoms with Crippen LogP contribution in [0.25, 0.3) is 0 Å². The number of azo groups is 2. The van der Waals surface area contributed by atoms with Crippen molar-refractivity contribution in [3.8, 4) is 23.6 Å². The van der Waals surface area contributed by atoms with Crippen LogP contribution in [0.5, 0.6) is 11.5 Å². The van der Waals surface area contributed by atoms with Gasteiger partial charge in [0.15, 0.2) is 17.4 Å². The van der Waals surface area contributed by atoms with Crippen molar-refractivity contribution in [1.29, 1.82) is 10.5 Å². The van der Waals surface area contributed by atoms with Crippen LogP contribution < -0.4 is 14.8 Å². The molecular weight excluding hydrogens is 585 g/mol. The zero-order chi connectivity index (χ0) is 30.1. The Balaban J connectivity index is 1.56. The lowest BCUT2D eigenvalue weighted by Crippen LogP contribution is -2.10. The van der Waals surface area contributed by atoms with Gasteiger partial charge in [-0.1, -0.05) is 23.2 Å². The van der Waals surface area contributed by atoms with E-state index in [0.29, 0.717) is 40.7 Å². The molecule has 16 heteroatoms. The summed E-state index contributed by atoms with van der Waals surface area (Å²) in [7, 11) is 0. The number of nitrogens with one attached hydrogen (secondary N) is 3. The number of halogens is 2. The normalized spacial score (nSPS) is 11.0. The van der Waals surface area contributed by atoms with E-state index in [-0.39, 0.29) is 51.7 Å². The number of hydrogen-bond acceptors (Lipinski definition) is 11. The van der Waals surface area contributed by atoms with Crippen molar-refractivity contribution in [3.63, 3.8) is 0 Å². The molecule has 1 amide bonds. The molecule has 3 N–H and O–H groups in total. The Kier molecular flexibility index (Phi) is 9.78. The molecule has 2 aromatic heterocycles. The summed E-state index contributed by atoms with van der Waals surface area (Å²) in [6.07, 6.45) is 3.00. The molecule has 0 aliphatic heterocycles. The van der Waals surface area contributed by atoms with Gasteiger partial charge in [-0.3, -0.25) is 15.0 Å². The predicted molar refractivity (Wildman–Crippen MR) is 153 cm³/mol. The average molecular weight is 606 g/mol. The quantitative estimate of drug-likeness (QED) is 0.153. The summed E-state index contributed by atoms with van der Waals surface area (Å²) < 4.78 is 11.7. The van der Waals surface area contributed by atoms with Crippen molar-refractivity contribution in [1.82, 2.24) is 20.4 Å². The minimum atomic E-state index is -0.356. The van der Waals surface area contributed by atoms with Crippen LogP contribution in [-0.4, -0.2) is 39.5 Å². The Labute approximate surface area is 249 Å². The fourth-order valence-electron chi connectivity index (χ4n) is 3.60. The minimum absolute atomic E-state index is 0.114. The lowest BCUT2D eigenvalue weighted by molar-refractivity contribution is -0.114. The molecule has 0 saturated carbocycles. The Hall–Kier alpha value is -5.31. The second kappa shape index (κ2) is 13.8. The van der Waals surface area contributed by atoms with Crippen LogP contribution in [0.3, 0.4) is 0 Å². The van der Waals surface area contributed by atoms with Gasteiger partial charge in [-0.15, -0.1) is 20.5 Å². The first kappa shape index (κ1) is 29.7. The highest BCUT2D eigenvalue weighted by Gasteiger charge is 2.16. The van der Waals surface area contributed by atoms with Gasteiger partial charge in [-0.2, -0.15) is 20.7 Å². The second-order valence-electron chi connectivity index (χ2n) is 8.32. The Bertz CT molecular complexity index is 1750. The van der Waals surface area contributed by atoms with Crippen LogP contribution in [0.4, 0.5) is 28.7 Å². The van der Waals surface area contributed by atoms with E-state index in [1.54, 1.807) is 12.1 Å². The molecule has 0 atom stereocenters. The van der Waals surface area contributed by atoms with Crippen molar-refractivity contribution in [2.24, 2.45) is 20.5 Å². The van der Waals surface area contributed by atoms with Gasteiger partial charge in [0.05, 0.1) is 52.7 Å². The molecule has 0 radical (unpaired) electrons. The lowest BCUT2D eigenvalue weighted by atomic mass is 10.1. The number of aromatic nitrogens is 4. The molecule has 0 bridgehead atoms. The largest absolute Gasteiger partial charge is 0.492 e. The number of amides is 1. The third-order valence-electron chi connectivity index (χ3n) is 5.36. The number of nitrogens with zero attached hydrogens (tertiary/aromatic N) is 8. The molecule has 0 aliphatic rings. The SMILES string of the molecule is CCOc1c(Cl)cc(/N=N/c2[nH]ncc2C#N)cc1CCOc1c(Cl)cc(/N=N/c2[nH]ncc2C#N)cc1NC(C)=O. The maximum atomic E-state index is 11.9. The average Bonchev–Trinajstić information content (AvgIpc) is 3.62. The molecule has 0 saturated heterocycles. The van der Waals surface area contributed by atoms with E-state index >= 15 is 0 Å². The van der Waals surface area contributed by atoms with E-state index in [9.17, 15) is 4.79 Å². The minimum Gasteiger partial charge on any atom is -0.492 e. The molecular formula is C26H21Cl2N11O3. The van der Waals surface area contributed by atoms with Gasteiger partial charge in [0.25, 0.3) is 0 Å². The van der Waals surface area contributed by atoms with Gasteiger partial charge in [0.1, 0.15) is 29.0 Å². The van der Waals surface area contributed by atoms with E-state index in [1.807, 2.05) is 19.1 Å². The lowest BCUT2D eigenvalue weighted by Gasteiger charge is -2.16. The second-order valence-corrected chi connectivity index (χ2v) is 9.14. The van der Waals surface area contributed by atoms with E-state index < -0.39 is 0 Å². The first-order valence-electron chi connectivity index (χ1n) is 12.2. The fourth-order valence-corrected chi connectivity index (χ4v) is 4.16. The molecule has 2 aromatic carbocycles. The van der Waals surface area contributed by atoms with Gasteiger partial charge in [0, 0.05) is 18.9 Å². The number of aromatic amines is 2.